The predicted octanol–water partition coefficient (Wildman–Crippen LogP) is 3.18. The van der Waals surface area contributed by atoms with Crippen LogP contribution >= 0.6 is 11.3 Å². The van der Waals surface area contributed by atoms with Gasteiger partial charge in [0.2, 0.25) is 5.91 Å². The van der Waals surface area contributed by atoms with E-state index in [1.165, 1.54) is 7.11 Å². The molecule has 3 aromatic heterocycles. The fourth-order valence-corrected chi connectivity index (χ4v) is 3.57. The summed E-state index contributed by atoms with van der Waals surface area (Å²) in [5, 5.41) is 7.77. The van der Waals surface area contributed by atoms with Gasteiger partial charge < -0.3 is 10.1 Å². The Bertz CT molecular complexity index is 1090. The topological polar surface area (TPSA) is 98.5 Å². The molecule has 0 unspecified atom stereocenters. The van der Waals surface area contributed by atoms with Crippen molar-refractivity contribution in [1.29, 1.82) is 0 Å². The lowest BCUT2D eigenvalue weighted by Gasteiger charge is -2.10. The second-order valence-electron chi connectivity index (χ2n) is 6.11. The highest BCUT2D eigenvalue weighted by atomic mass is 32.1. The molecule has 3 heterocycles. The molecule has 1 N–H and O–H groups in total. The molecule has 0 atom stereocenters. The van der Waals surface area contributed by atoms with Crippen LogP contribution < -0.4 is 5.32 Å². The molecule has 8 nitrogen and oxygen atoms in total. The number of halogens is 3. The molecule has 0 aliphatic carbocycles. The molecular formula is C17H16F3N5O3S. The van der Waals surface area contributed by atoms with Gasteiger partial charge in [0.15, 0.2) is 0 Å². The van der Waals surface area contributed by atoms with Gasteiger partial charge in [-0.3, -0.25) is 4.79 Å². The summed E-state index contributed by atoms with van der Waals surface area (Å²) >= 11 is 1.14. The van der Waals surface area contributed by atoms with Crippen molar-refractivity contribution in [3.8, 4) is 0 Å². The number of fused-ring (bicyclic) bond motifs is 1. The molecule has 0 aromatic carbocycles. The Balaban J connectivity index is 1.77. The van der Waals surface area contributed by atoms with Gasteiger partial charge in [0.25, 0.3) is 11.6 Å². The quantitative estimate of drug-likeness (QED) is 0.628. The summed E-state index contributed by atoms with van der Waals surface area (Å²) < 4.78 is 44.3. The summed E-state index contributed by atoms with van der Waals surface area (Å²) in [6.07, 6.45) is -4.41. The Labute approximate surface area is 166 Å². The van der Waals surface area contributed by atoms with E-state index in [2.05, 4.69) is 25.1 Å². The van der Waals surface area contributed by atoms with E-state index in [0.717, 1.165) is 15.9 Å². The zero-order valence-corrected chi connectivity index (χ0v) is 16.4. The lowest BCUT2D eigenvalue weighted by molar-refractivity contribution is -0.144. The maximum atomic E-state index is 12.9. The first-order chi connectivity index (χ1) is 13.6. The molecule has 0 spiro atoms. The zero-order chi connectivity index (χ0) is 21.3. The minimum Gasteiger partial charge on any atom is -0.465 e. The molecule has 0 saturated heterocycles. The molecular weight excluding hydrogens is 411 g/mol. The van der Waals surface area contributed by atoms with Gasteiger partial charge >= 0.3 is 12.1 Å². The minimum absolute atomic E-state index is 0.0339. The number of aromatic nitrogens is 4. The van der Waals surface area contributed by atoms with Gasteiger partial charge in [-0.05, 0) is 37.3 Å². The number of rotatable bonds is 5. The highest BCUT2D eigenvalue weighted by Gasteiger charge is 2.37. The molecule has 3 rings (SSSR count). The van der Waals surface area contributed by atoms with Crippen molar-refractivity contribution < 1.29 is 27.5 Å². The van der Waals surface area contributed by atoms with Crippen LogP contribution in [-0.2, 0) is 22.1 Å². The number of anilines is 1. The Hall–Kier alpha value is -3.02. The Morgan fingerprint density at radius 1 is 1.28 bits per heavy atom. The summed E-state index contributed by atoms with van der Waals surface area (Å²) in [5.74, 6) is -2.33. The molecule has 154 valence electrons. The maximum Gasteiger partial charge on any atom is 0.453 e. The van der Waals surface area contributed by atoms with Crippen LogP contribution in [0.5, 0.6) is 0 Å². The number of carbonyl (C=O) groups is 2. The molecule has 12 heteroatoms. The van der Waals surface area contributed by atoms with Gasteiger partial charge in [-0.15, -0.1) is 16.4 Å². The number of ether oxygens (including phenoxy) is 1. The molecule has 1 amide bonds. The third-order valence-electron chi connectivity index (χ3n) is 4.21. The van der Waals surface area contributed by atoms with E-state index in [-0.39, 0.29) is 29.4 Å². The highest BCUT2D eigenvalue weighted by molar-refractivity contribution is 7.12. The number of methoxy groups -OCH3 is 1. The van der Waals surface area contributed by atoms with Gasteiger partial charge in [0.1, 0.15) is 4.88 Å². The standard InChI is InChI=1S/C17H16F3N5O3S/c1-8-10(9(2)25-16(21-8)23-15(24-25)17(18,19)20)4-5-12(26)22-11-6-7-29-13(11)14(27)28-3/h6-7H,4-5H2,1-3H3,(H,22,26). The van der Waals surface area contributed by atoms with Crippen molar-refractivity contribution >= 4 is 34.7 Å². The normalized spacial score (nSPS) is 11.7. The highest BCUT2D eigenvalue weighted by Crippen LogP contribution is 2.27. The third-order valence-corrected chi connectivity index (χ3v) is 5.11. The maximum absolute atomic E-state index is 12.9. The third kappa shape index (κ3) is 4.21. The second kappa shape index (κ2) is 7.78. The summed E-state index contributed by atoms with van der Waals surface area (Å²) in [5.41, 5.74) is 1.84. The number of hydrogen-bond donors (Lipinski definition) is 1. The number of aryl methyl sites for hydroxylation is 2. The van der Waals surface area contributed by atoms with Crippen molar-refractivity contribution in [1.82, 2.24) is 19.6 Å². The number of alkyl halides is 3. The van der Waals surface area contributed by atoms with Crippen molar-refractivity contribution in [3.05, 3.63) is 39.1 Å². The van der Waals surface area contributed by atoms with E-state index in [0.29, 0.717) is 22.6 Å². The van der Waals surface area contributed by atoms with Gasteiger partial charge in [-0.25, -0.2) is 14.3 Å². The van der Waals surface area contributed by atoms with Gasteiger partial charge in [-0.2, -0.15) is 18.2 Å². The Morgan fingerprint density at radius 2 is 2.00 bits per heavy atom. The van der Waals surface area contributed by atoms with E-state index in [4.69, 9.17) is 0 Å². The largest absolute Gasteiger partial charge is 0.465 e. The van der Waals surface area contributed by atoms with E-state index >= 15 is 0 Å². The molecule has 0 radical (unpaired) electrons. The molecule has 0 fully saturated rings. The van der Waals surface area contributed by atoms with Gasteiger partial charge in [0, 0.05) is 17.8 Å². The number of hydrogen-bond acceptors (Lipinski definition) is 7. The van der Waals surface area contributed by atoms with E-state index in [1.807, 2.05) is 0 Å². The monoisotopic (exact) mass is 427 g/mol. The number of carbonyl (C=O) groups excluding carboxylic acids is 2. The van der Waals surface area contributed by atoms with Crippen LogP contribution in [0.25, 0.3) is 5.78 Å². The first-order valence-electron chi connectivity index (χ1n) is 8.37. The molecule has 0 aliphatic heterocycles. The predicted molar refractivity (Wildman–Crippen MR) is 97.9 cm³/mol. The van der Waals surface area contributed by atoms with Gasteiger partial charge in [-0.1, -0.05) is 0 Å². The SMILES string of the molecule is COC(=O)c1sccc1NC(=O)CCc1c(C)nc2nc(C(F)(F)F)nn2c1C. The van der Waals surface area contributed by atoms with Crippen LogP contribution in [0.2, 0.25) is 0 Å². The molecule has 0 saturated carbocycles. The van der Waals surface area contributed by atoms with Gasteiger partial charge in [0.05, 0.1) is 12.8 Å². The number of amides is 1. The van der Waals surface area contributed by atoms with Crippen molar-refractivity contribution in [2.24, 2.45) is 0 Å². The zero-order valence-electron chi connectivity index (χ0n) is 15.6. The molecule has 3 aromatic rings. The number of nitrogens with one attached hydrogen (secondary N) is 1. The molecule has 29 heavy (non-hydrogen) atoms. The van der Waals surface area contributed by atoms with Crippen molar-refractivity contribution in [3.63, 3.8) is 0 Å². The minimum atomic E-state index is -4.67. The van der Waals surface area contributed by atoms with Crippen LogP contribution in [-0.4, -0.2) is 38.6 Å². The lowest BCUT2D eigenvalue weighted by atomic mass is 10.1. The summed E-state index contributed by atoms with van der Waals surface area (Å²) in [4.78, 5) is 31.7. The number of nitrogens with zero attached hydrogens (tertiary/aromatic N) is 4. The first kappa shape index (κ1) is 20.7. The van der Waals surface area contributed by atoms with E-state index in [9.17, 15) is 22.8 Å². The molecule has 0 bridgehead atoms. The summed E-state index contributed by atoms with van der Waals surface area (Å²) in [6.45, 7) is 3.23. The Morgan fingerprint density at radius 3 is 2.66 bits per heavy atom. The fraction of sp³-hybridized carbons (Fsp3) is 0.353. The van der Waals surface area contributed by atoms with Crippen molar-refractivity contribution in [2.75, 3.05) is 12.4 Å². The fourth-order valence-electron chi connectivity index (χ4n) is 2.80. The van der Waals surface area contributed by atoms with E-state index < -0.39 is 18.0 Å². The van der Waals surface area contributed by atoms with Crippen LogP contribution in [0.1, 0.15) is 38.9 Å². The first-order valence-corrected chi connectivity index (χ1v) is 9.25. The number of thiophene rings is 1. The smallest absolute Gasteiger partial charge is 0.453 e. The summed E-state index contributed by atoms with van der Waals surface area (Å²) in [6, 6.07) is 1.59. The summed E-state index contributed by atoms with van der Waals surface area (Å²) in [7, 11) is 1.25. The lowest BCUT2D eigenvalue weighted by Crippen LogP contribution is -2.15. The number of esters is 1. The van der Waals surface area contributed by atoms with E-state index in [1.54, 1.807) is 25.3 Å². The average molecular weight is 427 g/mol. The van der Waals surface area contributed by atoms with Crippen LogP contribution in [0.15, 0.2) is 11.4 Å². The Kier molecular flexibility index (Phi) is 5.55. The second-order valence-corrected chi connectivity index (χ2v) is 7.03. The van der Waals surface area contributed by atoms with Crippen LogP contribution in [0.4, 0.5) is 18.9 Å². The molecule has 0 aliphatic rings. The van der Waals surface area contributed by atoms with Crippen LogP contribution in [0, 0.1) is 13.8 Å². The van der Waals surface area contributed by atoms with Crippen molar-refractivity contribution in [2.45, 2.75) is 32.9 Å². The van der Waals surface area contributed by atoms with Crippen LogP contribution in [0.3, 0.4) is 0 Å². The average Bonchev–Trinajstić information content (AvgIpc) is 3.27.